The lowest BCUT2D eigenvalue weighted by atomic mass is 9.59. The molecule has 0 aromatic carbocycles. The fraction of sp³-hybridized carbons (Fsp3) is 1.00. The van der Waals surface area contributed by atoms with E-state index in [0.717, 1.165) is 6.42 Å². The lowest BCUT2D eigenvalue weighted by molar-refractivity contribution is -0.415. The summed E-state index contributed by atoms with van der Waals surface area (Å²) in [5.41, 5.74) is -2.95. The highest BCUT2D eigenvalue weighted by Crippen LogP contribution is 2.77. The van der Waals surface area contributed by atoms with E-state index < -0.39 is 41.4 Å². The summed E-state index contributed by atoms with van der Waals surface area (Å²) in [5.74, 6) is -9.97. The minimum atomic E-state index is -5.68. The van der Waals surface area contributed by atoms with Gasteiger partial charge in [-0.3, -0.25) is 0 Å². The third kappa shape index (κ3) is 1.42. The van der Waals surface area contributed by atoms with E-state index in [1.807, 2.05) is 0 Å². The molecule has 0 amide bonds. The summed E-state index contributed by atoms with van der Waals surface area (Å²) in [6, 6.07) is 0. The molecule has 5 fully saturated rings. The quantitative estimate of drug-likeness (QED) is 0.511. The van der Waals surface area contributed by atoms with E-state index in [1.165, 1.54) is 0 Å². The first-order chi connectivity index (χ1) is 11.4. The van der Waals surface area contributed by atoms with Gasteiger partial charge in [0.25, 0.3) is 0 Å². The molecule has 11 unspecified atom stereocenters. The van der Waals surface area contributed by atoms with Crippen LogP contribution in [0.25, 0.3) is 0 Å². The normalized spacial score (nSPS) is 64.0. The Morgan fingerprint density at radius 3 is 2.04 bits per heavy atom. The largest absolute Gasteiger partial charge is 0.449 e. The summed E-state index contributed by atoms with van der Waals surface area (Å²) < 4.78 is 73.8. The molecule has 11 atom stereocenters. The van der Waals surface area contributed by atoms with Gasteiger partial charge in [-0.05, 0) is 54.3 Å². The summed E-state index contributed by atoms with van der Waals surface area (Å²) in [6.45, 7) is 4.17. The number of fused-ring (bicyclic) bond motifs is 12. The zero-order valence-corrected chi connectivity index (χ0v) is 13.8. The third-order valence-electron chi connectivity index (χ3n) is 8.64. The molecule has 8 heteroatoms. The number of halogens is 5. The highest BCUT2D eigenvalue weighted by molar-refractivity contribution is 5.29. The molecule has 1 heterocycles. The zero-order valence-electron chi connectivity index (χ0n) is 13.8. The maximum absolute atomic E-state index is 14.8. The summed E-state index contributed by atoms with van der Waals surface area (Å²) in [4.78, 5) is 0. The monoisotopic (exact) mass is 368 g/mol. The molecular formula is C17H21F5O3. The summed E-state index contributed by atoms with van der Waals surface area (Å²) in [5, 5.41) is 20.6. The van der Waals surface area contributed by atoms with Crippen molar-refractivity contribution in [2.24, 2.45) is 47.3 Å². The average molecular weight is 368 g/mol. The van der Waals surface area contributed by atoms with Crippen molar-refractivity contribution in [2.75, 3.05) is 0 Å². The zero-order chi connectivity index (χ0) is 18.3. The van der Waals surface area contributed by atoms with Crippen molar-refractivity contribution >= 4 is 0 Å². The molecule has 0 spiro atoms. The Bertz CT molecular complexity index is 638. The lowest BCUT2D eigenvalue weighted by Crippen LogP contribution is -2.67. The average Bonchev–Trinajstić information content (AvgIpc) is 3.21. The van der Waals surface area contributed by atoms with Crippen LogP contribution in [-0.2, 0) is 4.74 Å². The fourth-order valence-electron chi connectivity index (χ4n) is 7.59. The molecule has 4 saturated carbocycles. The number of ether oxygens (including phenoxy) is 1. The molecule has 4 aliphatic carbocycles. The first-order valence-electron chi connectivity index (χ1n) is 8.95. The van der Waals surface area contributed by atoms with E-state index in [2.05, 4.69) is 18.6 Å². The minimum absolute atomic E-state index is 0.0119. The maximum atomic E-state index is 14.8. The van der Waals surface area contributed by atoms with E-state index in [-0.39, 0.29) is 30.1 Å². The molecule has 142 valence electrons. The Labute approximate surface area is 141 Å². The molecule has 3 nitrogen and oxygen atoms in total. The SMILES string of the molecule is CC1C(C)C2CC1C1C3CC(C21)C1(O)C3OC(O)(C(F)(F)F)C1(F)F. The second kappa shape index (κ2) is 4.17. The molecule has 0 radical (unpaired) electrons. The second-order valence-electron chi connectivity index (χ2n) is 9.02. The van der Waals surface area contributed by atoms with E-state index in [9.17, 15) is 32.2 Å². The highest BCUT2D eigenvalue weighted by atomic mass is 19.4. The summed E-state index contributed by atoms with van der Waals surface area (Å²) >= 11 is 0. The summed E-state index contributed by atoms with van der Waals surface area (Å²) in [7, 11) is 0. The van der Waals surface area contributed by atoms with Crippen LogP contribution < -0.4 is 0 Å². The standard InChI is InChI=1S/C17H21F5O3/c1-5-6(2)8-3-7(5)11-9-4-10(12(8)11)14(23)13(9)25-16(24,15(14,18)19)17(20,21)22/h5-13,23-24H,3-4H2,1-2H3. The molecular weight excluding hydrogens is 347 g/mol. The lowest BCUT2D eigenvalue weighted by Gasteiger charge is -2.48. The van der Waals surface area contributed by atoms with Gasteiger partial charge in [0.05, 0.1) is 6.10 Å². The van der Waals surface area contributed by atoms with Gasteiger partial charge < -0.3 is 14.9 Å². The Morgan fingerprint density at radius 1 is 0.920 bits per heavy atom. The van der Waals surface area contributed by atoms with Crippen molar-refractivity contribution < 1.29 is 36.9 Å². The van der Waals surface area contributed by atoms with Crippen molar-refractivity contribution in [3.05, 3.63) is 0 Å². The Hall–Kier alpha value is -0.470. The summed E-state index contributed by atoms with van der Waals surface area (Å²) in [6.07, 6.45) is -6.19. The first-order valence-corrected chi connectivity index (χ1v) is 8.95. The van der Waals surface area contributed by atoms with Crippen LogP contribution in [0.2, 0.25) is 0 Å². The fourth-order valence-corrected chi connectivity index (χ4v) is 7.59. The van der Waals surface area contributed by atoms with Gasteiger partial charge in [0.2, 0.25) is 0 Å². The molecule has 0 aromatic rings. The van der Waals surface area contributed by atoms with E-state index in [1.54, 1.807) is 0 Å². The molecule has 1 aliphatic heterocycles. The van der Waals surface area contributed by atoms with Gasteiger partial charge in [0.1, 0.15) is 0 Å². The van der Waals surface area contributed by atoms with Crippen molar-refractivity contribution in [1.82, 2.24) is 0 Å². The predicted molar refractivity (Wildman–Crippen MR) is 74.3 cm³/mol. The molecule has 1 saturated heterocycles. The number of rotatable bonds is 0. The van der Waals surface area contributed by atoms with Gasteiger partial charge in [-0.1, -0.05) is 13.8 Å². The predicted octanol–water partition coefficient (Wildman–Crippen LogP) is 2.81. The van der Waals surface area contributed by atoms with Gasteiger partial charge >= 0.3 is 17.9 Å². The number of aliphatic hydroxyl groups is 2. The van der Waals surface area contributed by atoms with Crippen LogP contribution in [0.15, 0.2) is 0 Å². The van der Waals surface area contributed by atoms with Crippen LogP contribution >= 0.6 is 0 Å². The molecule has 0 aromatic heterocycles. The van der Waals surface area contributed by atoms with Crippen molar-refractivity contribution in [3.8, 4) is 0 Å². The van der Waals surface area contributed by atoms with Gasteiger partial charge in [0, 0.05) is 5.92 Å². The van der Waals surface area contributed by atoms with Gasteiger partial charge in [-0.2, -0.15) is 22.0 Å². The van der Waals surface area contributed by atoms with Gasteiger partial charge in [-0.15, -0.1) is 0 Å². The van der Waals surface area contributed by atoms with E-state index in [4.69, 9.17) is 0 Å². The molecule has 4 bridgehead atoms. The smallest absolute Gasteiger partial charge is 0.380 e. The van der Waals surface area contributed by atoms with Crippen LogP contribution in [0.3, 0.4) is 0 Å². The Balaban J connectivity index is 1.61. The van der Waals surface area contributed by atoms with E-state index >= 15 is 0 Å². The third-order valence-corrected chi connectivity index (χ3v) is 8.64. The molecule has 5 aliphatic rings. The van der Waals surface area contributed by atoms with Crippen LogP contribution in [0, 0.1) is 47.3 Å². The second-order valence-corrected chi connectivity index (χ2v) is 9.02. The van der Waals surface area contributed by atoms with Crippen LogP contribution in [0.4, 0.5) is 22.0 Å². The number of hydrogen-bond acceptors (Lipinski definition) is 3. The number of alkyl halides is 5. The van der Waals surface area contributed by atoms with Crippen LogP contribution in [0.1, 0.15) is 26.7 Å². The topological polar surface area (TPSA) is 49.7 Å². The van der Waals surface area contributed by atoms with Gasteiger partial charge in [0.15, 0.2) is 5.60 Å². The van der Waals surface area contributed by atoms with E-state index in [0.29, 0.717) is 11.8 Å². The van der Waals surface area contributed by atoms with Crippen molar-refractivity contribution in [3.63, 3.8) is 0 Å². The number of hydrogen-bond donors (Lipinski definition) is 2. The van der Waals surface area contributed by atoms with Crippen molar-refractivity contribution in [2.45, 2.75) is 56.3 Å². The van der Waals surface area contributed by atoms with Crippen LogP contribution in [0.5, 0.6) is 0 Å². The Morgan fingerprint density at radius 2 is 1.48 bits per heavy atom. The van der Waals surface area contributed by atoms with Crippen molar-refractivity contribution in [1.29, 1.82) is 0 Å². The molecule has 5 rings (SSSR count). The minimum Gasteiger partial charge on any atom is -0.380 e. The maximum Gasteiger partial charge on any atom is 0.449 e. The highest BCUT2D eigenvalue weighted by Gasteiger charge is 2.92. The first kappa shape index (κ1) is 16.7. The molecule has 25 heavy (non-hydrogen) atoms. The molecule has 2 N–H and O–H groups in total. The van der Waals surface area contributed by atoms with Gasteiger partial charge in [-0.25, -0.2) is 0 Å². The van der Waals surface area contributed by atoms with Crippen LogP contribution in [-0.4, -0.2) is 39.8 Å². The Kier molecular flexibility index (Phi) is 2.78.